The van der Waals surface area contributed by atoms with Crippen molar-refractivity contribution in [1.29, 1.82) is 0 Å². The summed E-state index contributed by atoms with van der Waals surface area (Å²) >= 11 is 1.88. The highest BCUT2D eigenvalue weighted by Crippen LogP contribution is 2.50. The first-order chi connectivity index (χ1) is 29.2. The Hall–Kier alpha value is -7.20. The van der Waals surface area contributed by atoms with E-state index in [1.54, 1.807) is 0 Å². The highest BCUT2D eigenvalue weighted by Gasteiger charge is 2.31. The van der Waals surface area contributed by atoms with Crippen LogP contribution in [0.25, 0.3) is 69.9 Å². The smallest absolute Gasteiger partial charge is 0.135 e. The molecule has 0 fully saturated rings. The molecule has 1 aliphatic carbocycles. The number of rotatable bonds is 8. The molecule has 3 heteroatoms. The normalized spacial score (nSPS) is 13.9. The fourth-order valence-corrected chi connectivity index (χ4v) is 10.4. The monoisotopic (exact) mass is 773 g/mol. The first-order valence-electron chi connectivity index (χ1n) is 20.2. The van der Waals surface area contributed by atoms with E-state index in [9.17, 15) is 0 Å². The fourth-order valence-electron chi connectivity index (χ4n) is 9.20. The molecule has 0 radical (unpaired) electrons. The lowest BCUT2D eigenvalue weighted by atomic mass is 9.85. The number of anilines is 3. The summed E-state index contributed by atoms with van der Waals surface area (Å²) in [5, 5.41) is 4.86. The summed E-state index contributed by atoms with van der Waals surface area (Å²) in [5.41, 5.74) is 16.2. The lowest BCUT2D eigenvalue weighted by Crippen LogP contribution is -2.09. The first kappa shape index (κ1) is 35.0. The van der Waals surface area contributed by atoms with E-state index in [4.69, 9.17) is 4.42 Å². The molecule has 0 aliphatic heterocycles. The summed E-state index contributed by atoms with van der Waals surface area (Å²) in [4.78, 5) is 2.35. The molecular weight excluding hydrogens is 735 g/mol. The van der Waals surface area contributed by atoms with Crippen molar-refractivity contribution in [1.82, 2.24) is 0 Å². The first-order valence-corrected chi connectivity index (χ1v) is 21.0. The van der Waals surface area contributed by atoms with Crippen LogP contribution in [-0.2, 0) is 0 Å². The van der Waals surface area contributed by atoms with Gasteiger partial charge in [0.1, 0.15) is 11.2 Å². The van der Waals surface area contributed by atoms with Gasteiger partial charge in [-0.25, -0.2) is 0 Å². The average molecular weight is 774 g/mol. The Bertz CT molecular complexity index is 3310. The minimum absolute atomic E-state index is 0.102. The molecule has 2 heterocycles. The molecule has 0 saturated carbocycles. The number of hydrogen-bond acceptors (Lipinski definition) is 3. The fraction of sp³-hybridized carbons (Fsp3) is 0.0357. The summed E-state index contributed by atoms with van der Waals surface area (Å²) in [5.74, 6) is 0.102. The molecule has 0 bridgehead atoms. The summed E-state index contributed by atoms with van der Waals surface area (Å²) < 4.78 is 8.77. The van der Waals surface area contributed by atoms with Gasteiger partial charge in [0.25, 0.3) is 0 Å². The molecule has 2 nitrogen and oxygen atoms in total. The van der Waals surface area contributed by atoms with Gasteiger partial charge in [-0.15, -0.1) is 11.3 Å². The van der Waals surface area contributed by atoms with Crippen molar-refractivity contribution in [3.63, 3.8) is 0 Å². The van der Waals surface area contributed by atoms with E-state index < -0.39 is 0 Å². The Labute approximate surface area is 347 Å². The molecule has 1 aliphatic rings. The van der Waals surface area contributed by atoms with Crippen LogP contribution >= 0.6 is 11.3 Å². The summed E-state index contributed by atoms with van der Waals surface area (Å²) in [7, 11) is 0. The predicted molar refractivity (Wildman–Crippen MR) is 252 cm³/mol. The molecule has 280 valence electrons. The van der Waals surface area contributed by atoms with Crippen LogP contribution < -0.4 is 4.90 Å². The number of hydrogen-bond donors (Lipinski definition) is 0. The highest BCUT2D eigenvalue weighted by molar-refractivity contribution is 7.26. The number of para-hydroxylation sites is 2. The van der Waals surface area contributed by atoms with Gasteiger partial charge in [0.05, 0.1) is 0 Å². The van der Waals surface area contributed by atoms with Crippen LogP contribution in [-0.4, -0.2) is 0 Å². The number of benzene rings is 8. The third-order valence-electron chi connectivity index (χ3n) is 11.8. The van der Waals surface area contributed by atoms with Gasteiger partial charge in [-0.1, -0.05) is 134 Å². The summed E-state index contributed by atoms with van der Waals surface area (Å²) in [6.45, 7) is 6.36. The largest absolute Gasteiger partial charge is 0.456 e. The molecule has 8 aromatic carbocycles. The number of nitrogens with zero attached hydrogens (tertiary/aromatic N) is 1. The Morgan fingerprint density at radius 2 is 1.24 bits per heavy atom. The average Bonchev–Trinajstić information content (AvgIpc) is 3.96. The van der Waals surface area contributed by atoms with Gasteiger partial charge in [0.2, 0.25) is 0 Å². The van der Waals surface area contributed by atoms with Crippen LogP contribution in [0, 0.1) is 0 Å². The van der Waals surface area contributed by atoms with Crippen molar-refractivity contribution in [2.45, 2.75) is 12.8 Å². The van der Waals surface area contributed by atoms with Gasteiger partial charge in [0, 0.05) is 53.9 Å². The van der Waals surface area contributed by atoms with Gasteiger partial charge in [-0.05, 0) is 130 Å². The molecule has 10 aromatic rings. The molecular formula is C56H39NOS. The molecule has 0 N–H and O–H groups in total. The molecule has 2 aromatic heterocycles. The van der Waals surface area contributed by atoms with E-state index in [1.165, 1.54) is 59.1 Å². The minimum Gasteiger partial charge on any atom is -0.456 e. The van der Waals surface area contributed by atoms with Crippen LogP contribution in [0.5, 0.6) is 0 Å². The Morgan fingerprint density at radius 1 is 0.542 bits per heavy atom. The van der Waals surface area contributed by atoms with Gasteiger partial charge in [-0.2, -0.15) is 0 Å². The second-order valence-electron chi connectivity index (χ2n) is 15.2. The third-order valence-corrected chi connectivity index (χ3v) is 13.1. The minimum atomic E-state index is 0.102. The Balaban J connectivity index is 1.04. The SMILES string of the molecule is C=CC1=C(/C=C\C)C(c2cc(-c3ccc(N(c4ccccc4)c4cccc(-c5ccc6oc7ccccc7c6c5)c4)cc3)c3sc4ccccc4c3c2)c2ccccc21. The zero-order valence-corrected chi connectivity index (χ0v) is 33.4. The van der Waals surface area contributed by atoms with E-state index in [0.29, 0.717) is 0 Å². The Kier molecular flexibility index (Phi) is 8.49. The highest BCUT2D eigenvalue weighted by atomic mass is 32.1. The standard InChI is InChI=1S/C56H39NOS/c1-3-15-47-43(4-2)44-20-8-9-23-48(44)55(47)39-34-49(56-51(35-39)46-22-11-13-25-54(46)59-56)36-26-29-41(30-27-36)57(40-17-6-5-7-18-40)42-19-14-16-37(32-42)38-28-31-53-50(33-38)45-21-10-12-24-52(45)58-53/h3-35,55H,2H2,1H3/b15-3-. The van der Waals surface area contributed by atoms with Crippen LogP contribution in [0.15, 0.2) is 217 Å². The van der Waals surface area contributed by atoms with Crippen molar-refractivity contribution >= 4 is 76.1 Å². The van der Waals surface area contributed by atoms with E-state index in [0.717, 1.165) is 50.1 Å². The van der Waals surface area contributed by atoms with Crippen LogP contribution in [0.1, 0.15) is 29.5 Å². The van der Waals surface area contributed by atoms with Gasteiger partial charge < -0.3 is 9.32 Å². The van der Waals surface area contributed by atoms with E-state index >= 15 is 0 Å². The quantitative estimate of drug-likeness (QED) is 0.153. The molecule has 59 heavy (non-hydrogen) atoms. The molecule has 1 atom stereocenters. The summed E-state index contributed by atoms with van der Waals surface area (Å²) in [6, 6.07) is 66.0. The van der Waals surface area contributed by atoms with E-state index in [1.807, 2.05) is 29.5 Å². The van der Waals surface area contributed by atoms with Crippen LogP contribution in [0.2, 0.25) is 0 Å². The van der Waals surface area contributed by atoms with Crippen molar-refractivity contribution in [2.24, 2.45) is 0 Å². The predicted octanol–water partition coefficient (Wildman–Crippen LogP) is 16.4. The molecule has 0 amide bonds. The van der Waals surface area contributed by atoms with Crippen molar-refractivity contribution in [3.05, 3.63) is 229 Å². The summed E-state index contributed by atoms with van der Waals surface area (Å²) in [6.07, 6.45) is 6.46. The maximum Gasteiger partial charge on any atom is 0.135 e. The third kappa shape index (κ3) is 5.85. The van der Waals surface area contributed by atoms with Crippen LogP contribution in [0.3, 0.4) is 0 Å². The number of allylic oxidation sites excluding steroid dienone is 5. The number of thiophene rings is 1. The number of fused-ring (bicyclic) bond motifs is 7. The van der Waals surface area contributed by atoms with Crippen molar-refractivity contribution in [2.75, 3.05) is 4.90 Å². The topological polar surface area (TPSA) is 16.4 Å². The van der Waals surface area contributed by atoms with Gasteiger partial charge in [0.15, 0.2) is 0 Å². The zero-order chi connectivity index (χ0) is 39.5. The van der Waals surface area contributed by atoms with Crippen molar-refractivity contribution < 1.29 is 4.42 Å². The van der Waals surface area contributed by atoms with E-state index in [-0.39, 0.29) is 5.92 Å². The Morgan fingerprint density at radius 3 is 2.08 bits per heavy atom. The maximum atomic E-state index is 6.16. The van der Waals surface area contributed by atoms with Crippen molar-refractivity contribution in [3.8, 4) is 22.3 Å². The lowest BCUT2D eigenvalue weighted by Gasteiger charge is -2.26. The second kappa shape index (κ2) is 14.3. The maximum absolute atomic E-state index is 6.16. The molecule has 0 spiro atoms. The van der Waals surface area contributed by atoms with E-state index in [2.05, 4.69) is 200 Å². The molecule has 0 saturated heterocycles. The molecule has 1 unspecified atom stereocenters. The zero-order valence-electron chi connectivity index (χ0n) is 32.6. The molecule has 11 rings (SSSR count). The lowest BCUT2D eigenvalue weighted by molar-refractivity contribution is 0.669. The van der Waals surface area contributed by atoms with Gasteiger partial charge >= 0.3 is 0 Å². The second-order valence-corrected chi connectivity index (χ2v) is 16.3. The van der Waals surface area contributed by atoms with Crippen LogP contribution in [0.4, 0.5) is 17.1 Å². The van der Waals surface area contributed by atoms with Gasteiger partial charge in [-0.3, -0.25) is 0 Å². The number of furan rings is 1.